The molecule has 26 heavy (non-hydrogen) atoms. The van der Waals surface area contributed by atoms with E-state index in [4.69, 9.17) is 23.2 Å². The second-order valence-electron chi connectivity index (χ2n) is 5.86. The predicted molar refractivity (Wildman–Crippen MR) is 101 cm³/mol. The number of hydrogen-bond donors (Lipinski definition) is 1. The lowest BCUT2D eigenvalue weighted by Gasteiger charge is -2.06. The fourth-order valence-corrected chi connectivity index (χ4v) is 3.10. The van der Waals surface area contributed by atoms with E-state index in [0.29, 0.717) is 16.6 Å². The van der Waals surface area contributed by atoms with Crippen LogP contribution in [-0.2, 0) is 6.54 Å². The molecule has 0 spiro atoms. The number of halogens is 2. The quantitative estimate of drug-likeness (QED) is 0.566. The number of imidazole rings is 1. The summed E-state index contributed by atoms with van der Waals surface area (Å²) < 4.78 is 1.95. The van der Waals surface area contributed by atoms with Crippen LogP contribution >= 0.6 is 23.2 Å². The summed E-state index contributed by atoms with van der Waals surface area (Å²) in [6.07, 6.45) is 5.42. The van der Waals surface area contributed by atoms with E-state index in [1.165, 1.54) is 0 Å². The molecule has 3 aromatic heterocycles. The van der Waals surface area contributed by atoms with E-state index >= 15 is 0 Å². The zero-order valence-electron chi connectivity index (χ0n) is 13.8. The van der Waals surface area contributed by atoms with Crippen LogP contribution in [-0.4, -0.2) is 29.9 Å². The highest BCUT2D eigenvalue weighted by atomic mass is 35.5. The average molecular weight is 385 g/mol. The standard InChI is InChI=1S/C18H14Cl2N6/c1-11-18(24-25-23-11)12-5-6-21-15(7-12)16-9-26(10-22-16)8-13-3-2-4-14(19)17(13)20/h2-7,9-10H,8H2,1H3,(H,23,24,25). The van der Waals surface area contributed by atoms with Crippen molar-refractivity contribution in [3.8, 4) is 22.6 Å². The molecular formula is C18H14Cl2N6. The molecule has 0 aliphatic rings. The fraction of sp³-hybridized carbons (Fsp3) is 0.111. The molecular weight excluding hydrogens is 371 g/mol. The molecule has 0 atom stereocenters. The number of nitrogens with one attached hydrogen (secondary N) is 1. The van der Waals surface area contributed by atoms with E-state index in [-0.39, 0.29) is 0 Å². The molecule has 0 saturated carbocycles. The molecule has 4 rings (SSSR count). The Kier molecular flexibility index (Phi) is 4.44. The van der Waals surface area contributed by atoms with Gasteiger partial charge in [-0.1, -0.05) is 40.5 Å². The highest BCUT2D eigenvalue weighted by Gasteiger charge is 2.11. The number of benzene rings is 1. The van der Waals surface area contributed by atoms with Crippen molar-refractivity contribution in [1.82, 2.24) is 29.9 Å². The minimum Gasteiger partial charge on any atom is -0.332 e. The lowest BCUT2D eigenvalue weighted by atomic mass is 10.1. The molecule has 0 aliphatic carbocycles. The molecule has 8 heteroatoms. The average Bonchev–Trinajstić information content (AvgIpc) is 3.28. The van der Waals surface area contributed by atoms with E-state index in [9.17, 15) is 0 Å². The Bertz CT molecular complexity index is 1070. The summed E-state index contributed by atoms with van der Waals surface area (Å²) in [6.45, 7) is 2.51. The maximum Gasteiger partial charge on any atom is 0.115 e. The Morgan fingerprint density at radius 1 is 1.12 bits per heavy atom. The highest BCUT2D eigenvalue weighted by Crippen LogP contribution is 2.27. The lowest BCUT2D eigenvalue weighted by molar-refractivity contribution is 0.798. The number of nitrogens with zero attached hydrogens (tertiary/aromatic N) is 5. The Balaban J connectivity index is 1.62. The maximum atomic E-state index is 6.27. The number of rotatable bonds is 4. The Labute approximate surface area is 159 Å². The Hall–Kier alpha value is -2.70. The van der Waals surface area contributed by atoms with Gasteiger partial charge < -0.3 is 4.57 Å². The summed E-state index contributed by atoms with van der Waals surface area (Å²) in [5, 5.41) is 11.9. The maximum absolute atomic E-state index is 6.27. The number of aromatic nitrogens is 6. The summed E-state index contributed by atoms with van der Waals surface area (Å²) in [5.41, 5.74) is 5.12. The van der Waals surface area contributed by atoms with Gasteiger partial charge in [-0.2, -0.15) is 0 Å². The van der Waals surface area contributed by atoms with Crippen molar-refractivity contribution in [3.63, 3.8) is 0 Å². The third-order valence-corrected chi connectivity index (χ3v) is 4.89. The third-order valence-electron chi connectivity index (χ3n) is 4.04. The van der Waals surface area contributed by atoms with Crippen molar-refractivity contribution in [3.05, 3.63) is 70.4 Å². The molecule has 0 amide bonds. The van der Waals surface area contributed by atoms with Crippen LogP contribution < -0.4 is 0 Å². The molecule has 0 radical (unpaired) electrons. The van der Waals surface area contributed by atoms with Gasteiger partial charge in [-0.3, -0.25) is 10.1 Å². The van der Waals surface area contributed by atoms with Gasteiger partial charge in [-0.15, -0.1) is 5.10 Å². The summed E-state index contributed by atoms with van der Waals surface area (Å²) >= 11 is 12.3. The summed E-state index contributed by atoms with van der Waals surface area (Å²) in [7, 11) is 0. The second kappa shape index (κ2) is 6.90. The van der Waals surface area contributed by atoms with Gasteiger partial charge >= 0.3 is 0 Å². The molecule has 6 nitrogen and oxygen atoms in total. The smallest absolute Gasteiger partial charge is 0.115 e. The molecule has 1 N–H and O–H groups in total. The van der Waals surface area contributed by atoms with Gasteiger partial charge in [0.2, 0.25) is 0 Å². The van der Waals surface area contributed by atoms with Crippen molar-refractivity contribution in [2.75, 3.05) is 0 Å². The molecule has 4 aromatic rings. The van der Waals surface area contributed by atoms with Crippen LogP contribution in [0.25, 0.3) is 22.6 Å². The van der Waals surface area contributed by atoms with Crippen LogP contribution in [0.5, 0.6) is 0 Å². The van der Waals surface area contributed by atoms with Crippen molar-refractivity contribution < 1.29 is 0 Å². The molecule has 1 aromatic carbocycles. The van der Waals surface area contributed by atoms with Gasteiger partial charge in [0.25, 0.3) is 0 Å². The van der Waals surface area contributed by atoms with Crippen LogP contribution in [0.15, 0.2) is 49.1 Å². The SMILES string of the molecule is Cc1[nH]nnc1-c1ccnc(-c2cn(Cc3cccc(Cl)c3Cl)cn2)c1. The van der Waals surface area contributed by atoms with Crippen molar-refractivity contribution in [1.29, 1.82) is 0 Å². The predicted octanol–water partition coefficient (Wildman–Crippen LogP) is 4.39. The minimum absolute atomic E-state index is 0.543. The number of H-pyrrole nitrogens is 1. The van der Waals surface area contributed by atoms with Crippen molar-refractivity contribution >= 4 is 23.2 Å². The third kappa shape index (κ3) is 3.21. The van der Waals surface area contributed by atoms with Gasteiger partial charge in [-0.25, -0.2) is 4.98 Å². The summed E-state index contributed by atoms with van der Waals surface area (Å²) in [6, 6.07) is 9.45. The first-order valence-corrected chi connectivity index (χ1v) is 8.66. The Morgan fingerprint density at radius 3 is 2.81 bits per heavy atom. The first-order chi connectivity index (χ1) is 12.6. The van der Waals surface area contributed by atoms with Crippen LogP contribution in [0.4, 0.5) is 0 Å². The van der Waals surface area contributed by atoms with Gasteiger partial charge in [0.1, 0.15) is 11.4 Å². The molecule has 3 heterocycles. The fourth-order valence-electron chi connectivity index (χ4n) is 2.72. The van der Waals surface area contributed by atoms with E-state index in [1.807, 2.05) is 42.0 Å². The van der Waals surface area contributed by atoms with Gasteiger partial charge in [0.05, 0.1) is 34.3 Å². The molecule has 0 bridgehead atoms. The topological polar surface area (TPSA) is 72.3 Å². The van der Waals surface area contributed by atoms with E-state index in [1.54, 1.807) is 18.6 Å². The zero-order valence-corrected chi connectivity index (χ0v) is 15.3. The first kappa shape index (κ1) is 16.8. The van der Waals surface area contributed by atoms with Gasteiger partial charge in [0.15, 0.2) is 0 Å². The minimum atomic E-state index is 0.543. The molecule has 0 aliphatic heterocycles. The number of pyridine rings is 1. The number of hydrogen-bond acceptors (Lipinski definition) is 4. The summed E-state index contributed by atoms with van der Waals surface area (Å²) in [5.74, 6) is 0. The van der Waals surface area contributed by atoms with Crippen LogP contribution in [0.1, 0.15) is 11.3 Å². The number of aryl methyl sites for hydroxylation is 1. The monoisotopic (exact) mass is 384 g/mol. The first-order valence-electron chi connectivity index (χ1n) is 7.91. The molecule has 0 fully saturated rings. The molecule has 0 saturated heterocycles. The highest BCUT2D eigenvalue weighted by molar-refractivity contribution is 6.42. The summed E-state index contributed by atoms with van der Waals surface area (Å²) in [4.78, 5) is 8.88. The van der Waals surface area contributed by atoms with E-state index in [2.05, 4.69) is 25.4 Å². The van der Waals surface area contributed by atoms with Gasteiger partial charge in [0, 0.05) is 18.0 Å². The largest absolute Gasteiger partial charge is 0.332 e. The van der Waals surface area contributed by atoms with Crippen LogP contribution in [0, 0.1) is 6.92 Å². The Morgan fingerprint density at radius 2 is 2.00 bits per heavy atom. The van der Waals surface area contributed by atoms with Crippen LogP contribution in [0.3, 0.4) is 0 Å². The molecule has 0 unspecified atom stereocenters. The van der Waals surface area contributed by atoms with Crippen molar-refractivity contribution in [2.24, 2.45) is 0 Å². The van der Waals surface area contributed by atoms with E-state index < -0.39 is 0 Å². The zero-order chi connectivity index (χ0) is 18.1. The molecule has 130 valence electrons. The number of aromatic amines is 1. The lowest BCUT2D eigenvalue weighted by Crippen LogP contribution is -1.97. The normalized spacial score (nSPS) is 11.0. The second-order valence-corrected chi connectivity index (χ2v) is 6.64. The van der Waals surface area contributed by atoms with E-state index in [0.717, 1.165) is 33.9 Å². The van der Waals surface area contributed by atoms with Crippen LogP contribution in [0.2, 0.25) is 10.0 Å². The van der Waals surface area contributed by atoms with Gasteiger partial charge in [-0.05, 0) is 30.7 Å². The van der Waals surface area contributed by atoms with Crippen molar-refractivity contribution in [2.45, 2.75) is 13.5 Å².